The zero-order chi connectivity index (χ0) is 13.1. The number of rotatable bonds is 5. The first kappa shape index (κ1) is 13.7. The summed E-state index contributed by atoms with van der Waals surface area (Å²) in [6.45, 7) is 3.11. The van der Waals surface area contributed by atoms with Crippen LogP contribution in [0.4, 0.5) is 5.13 Å². The summed E-state index contributed by atoms with van der Waals surface area (Å²) in [6.07, 6.45) is 3.73. The standard InChI is InChI=1S/C9H12N2O4S2/c1-6(2)17(14,15)11-9-10-5-7(16-9)3-4-8(12)13/h3-6H,1-2H3,(H,10,11)(H,12,13). The van der Waals surface area contributed by atoms with Gasteiger partial charge in [0.1, 0.15) is 0 Å². The molecule has 17 heavy (non-hydrogen) atoms. The molecule has 1 aromatic rings. The third-order valence-corrected chi connectivity index (χ3v) is 4.49. The van der Waals surface area contributed by atoms with E-state index >= 15 is 0 Å². The van der Waals surface area contributed by atoms with Gasteiger partial charge in [-0.3, -0.25) is 4.72 Å². The number of aromatic nitrogens is 1. The van der Waals surface area contributed by atoms with Crippen LogP contribution in [0.5, 0.6) is 0 Å². The van der Waals surface area contributed by atoms with Gasteiger partial charge in [0.2, 0.25) is 10.0 Å². The lowest BCUT2D eigenvalue weighted by molar-refractivity contribution is -0.131. The summed E-state index contributed by atoms with van der Waals surface area (Å²) in [7, 11) is -3.41. The monoisotopic (exact) mass is 276 g/mol. The number of nitrogens with one attached hydrogen (secondary N) is 1. The number of anilines is 1. The number of aliphatic carboxylic acids is 1. The van der Waals surface area contributed by atoms with Crippen molar-refractivity contribution in [1.82, 2.24) is 4.98 Å². The number of carboxylic acid groups (broad SMARTS) is 1. The second kappa shape index (κ2) is 5.28. The molecule has 0 fully saturated rings. The van der Waals surface area contributed by atoms with Gasteiger partial charge < -0.3 is 5.11 Å². The highest BCUT2D eigenvalue weighted by Gasteiger charge is 2.16. The number of sulfonamides is 1. The van der Waals surface area contributed by atoms with E-state index in [4.69, 9.17) is 5.11 Å². The summed E-state index contributed by atoms with van der Waals surface area (Å²) >= 11 is 1.07. The van der Waals surface area contributed by atoms with Crippen LogP contribution >= 0.6 is 11.3 Å². The second-order valence-electron chi connectivity index (χ2n) is 3.44. The van der Waals surface area contributed by atoms with E-state index < -0.39 is 21.2 Å². The largest absolute Gasteiger partial charge is 0.478 e. The van der Waals surface area contributed by atoms with Gasteiger partial charge in [0.25, 0.3) is 0 Å². The van der Waals surface area contributed by atoms with Gasteiger partial charge >= 0.3 is 5.97 Å². The maximum absolute atomic E-state index is 11.5. The molecule has 0 atom stereocenters. The normalized spacial score (nSPS) is 12.2. The smallest absolute Gasteiger partial charge is 0.328 e. The predicted molar refractivity (Wildman–Crippen MR) is 66.5 cm³/mol. The molecule has 0 aliphatic carbocycles. The molecule has 0 spiro atoms. The topological polar surface area (TPSA) is 96.4 Å². The molecule has 0 amide bonds. The Labute approximate surface area is 103 Å². The van der Waals surface area contributed by atoms with E-state index in [-0.39, 0.29) is 5.13 Å². The van der Waals surface area contributed by atoms with Crippen LogP contribution in [-0.4, -0.2) is 29.7 Å². The van der Waals surface area contributed by atoms with E-state index in [9.17, 15) is 13.2 Å². The van der Waals surface area contributed by atoms with Gasteiger partial charge in [-0.05, 0) is 19.9 Å². The van der Waals surface area contributed by atoms with Gasteiger partial charge in [-0.1, -0.05) is 11.3 Å². The number of hydrogen-bond acceptors (Lipinski definition) is 5. The number of nitrogens with zero attached hydrogens (tertiary/aromatic N) is 1. The number of carbonyl (C=O) groups is 1. The Hall–Kier alpha value is -1.41. The van der Waals surface area contributed by atoms with Crippen LogP contribution in [0.2, 0.25) is 0 Å². The Balaban J connectivity index is 2.80. The number of carboxylic acids is 1. The molecule has 1 aromatic heterocycles. The van der Waals surface area contributed by atoms with Crippen molar-refractivity contribution >= 4 is 38.5 Å². The molecule has 1 rings (SSSR count). The molecule has 2 N–H and O–H groups in total. The predicted octanol–water partition coefficient (Wildman–Crippen LogP) is 1.39. The fraction of sp³-hybridized carbons (Fsp3) is 0.333. The lowest BCUT2D eigenvalue weighted by Crippen LogP contribution is -2.22. The Morgan fingerprint density at radius 1 is 1.59 bits per heavy atom. The maximum Gasteiger partial charge on any atom is 0.328 e. The molecule has 0 bridgehead atoms. The molecule has 0 aliphatic rings. The average molecular weight is 276 g/mol. The minimum atomic E-state index is -3.41. The average Bonchev–Trinajstić information content (AvgIpc) is 2.61. The van der Waals surface area contributed by atoms with Crippen LogP contribution in [0.1, 0.15) is 18.7 Å². The van der Waals surface area contributed by atoms with Gasteiger partial charge in [-0.2, -0.15) is 0 Å². The molecule has 0 aliphatic heterocycles. The fourth-order valence-electron chi connectivity index (χ4n) is 0.804. The van der Waals surface area contributed by atoms with E-state index in [1.165, 1.54) is 12.3 Å². The third kappa shape index (κ3) is 4.16. The van der Waals surface area contributed by atoms with Crippen molar-refractivity contribution in [1.29, 1.82) is 0 Å². The zero-order valence-electron chi connectivity index (χ0n) is 9.25. The van der Waals surface area contributed by atoms with E-state index in [1.54, 1.807) is 13.8 Å². The molecule has 0 saturated carbocycles. The van der Waals surface area contributed by atoms with Crippen molar-refractivity contribution in [3.63, 3.8) is 0 Å². The molecule has 0 unspecified atom stereocenters. The maximum atomic E-state index is 11.5. The highest BCUT2D eigenvalue weighted by Crippen LogP contribution is 2.21. The van der Waals surface area contributed by atoms with Crippen LogP contribution in [0.25, 0.3) is 6.08 Å². The SMILES string of the molecule is CC(C)S(=O)(=O)Nc1ncc(C=CC(=O)O)s1. The highest BCUT2D eigenvalue weighted by molar-refractivity contribution is 7.93. The molecule has 6 nitrogen and oxygen atoms in total. The summed E-state index contributed by atoms with van der Waals surface area (Å²) in [6, 6.07) is 0. The number of hydrogen-bond donors (Lipinski definition) is 2. The first-order valence-electron chi connectivity index (χ1n) is 4.70. The van der Waals surface area contributed by atoms with E-state index in [2.05, 4.69) is 9.71 Å². The highest BCUT2D eigenvalue weighted by atomic mass is 32.2. The van der Waals surface area contributed by atoms with E-state index in [0.29, 0.717) is 4.88 Å². The minimum absolute atomic E-state index is 0.226. The summed E-state index contributed by atoms with van der Waals surface area (Å²) in [4.78, 5) is 14.7. The summed E-state index contributed by atoms with van der Waals surface area (Å²) in [5.41, 5.74) is 0. The van der Waals surface area contributed by atoms with Crippen LogP contribution in [0, 0.1) is 0 Å². The van der Waals surface area contributed by atoms with Crippen molar-refractivity contribution < 1.29 is 18.3 Å². The van der Waals surface area contributed by atoms with Gasteiger partial charge in [-0.25, -0.2) is 18.2 Å². The lowest BCUT2D eigenvalue weighted by Gasteiger charge is -2.06. The molecule has 1 heterocycles. The van der Waals surface area contributed by atoms with Crippen molar-refractivity contribution in [2.75, 3.05) is 4.72 Å². The van der Waals surface area contributed by atoms with Crippen molar-refractivity contribution in [3.8, 4) is 0 Å². The van der Waals surface area contributed by atoms with Gasteiger partial charge in [0, 0.05) is 17.2 Å². The van der Waals surface area contributed by atoms with Gasteiger partial charge in [0.15, 0.2) is 5.13 Å². The van der Waals surface area contributed by atoms with Gasteiger partial charge in [-0.15, -0.1) is 0 Å². The summed E-state index contributed by atoms with van der Waals surface area (Å²) < 4.78 is 25.4. The second-order valence-corrected chi connectivity index (χ2v) is 6.73. The Kier molecular flexibility index (Phi) is 4.24. The van der Waals surface area contributed by atoms with E-state index in [0.717, 1.165) is 17.4 Å². The van der Waals surface area contributed by atoms with Crippen LogP contribution in [0.15, 0.2) is 12.3 Å². The summed E-state index contributed by atoms with van der Waals surface area (Å²) in [5.74, 6) is -1.07. The quantitative estimate of drug-likeness (QED) is 0.792. The molecular weight excluding hydrogens is 264 g/mol. The first-order chi connectivity index (χ1) is 7.81. The minimum Gasteiger partial charge on any atom is -0.478 e. The van der Waals surface area contributed by atoms with Crippen LogP contribution < -0.4 is 4.72 Å². The van der Waals surface area contributed by atoms with Crippen LogP contribution in [-0.2, 0) is 14.8 Å². The van der Waals surface area contributed by atoms with Gasteiger partial charge in [0.05, 0.1) is 5.25 Å². The molecule has 8 heteroatoms. The Morgan fingerprint density at radius 3 is 2.76 bits per heavy atom. The summed E-state index contributed by atoms with van der Waals surface area (Å²) in [5, 5.41) is 8.10. The fourth-order valence-corrected chi connectivity index (χ4v) is 2.42. The molecule has 0 saturated heterocycles. The number of thiazole rings is 1. The van der Waals surface area contributed by atoms with Crippen molar-refractivity contribution in [3.05, 3.63) is 17.2 Å². The molecular formula is C9H12N2O4S2. The Morgan fingerprint density at radius 2 is 2.24 bits per heavy atom. The molecule has 0 radical (unpaired) electrons. The molecule has 94 valence electrons. The molecule has 0 aromatic carbocycles. The van der Waals surface area contributed by atoms with Crippen LogP contribution in [0.3, 0.4) is 0 Å². The third-order valence-electron chi connectivity index (χ3n) is 1.76. The Bertz CT molecular complexity index is 531. The lowest BCUT2D eigenvalue weighted by atomic mass is 10.4. The van der Waals surface area contributed by atoms with Crippen molar-refractivity contribution in [2.24, 2.45) is 0 Å². The zero-order valence-corrected chi connectivity index (χ0v) is 10.9. The van der Waals surface area contributed by atoms with Crippen molar-refractivity contribution in [2.45, 2.75) is 19.1 Å². The van der Waals surface area contributed by atoms with E-state index in [1.807, 2.05) is 0 Å². The first-order valence-corrected chi connectivity index (χ1v) is 7.06.